The molecule has 0 spiro atoms. The normalized spacial score (nSPS) is 11.9. The molecule has 0 atom stereocenters. The summed E-state index contributed by atoms with van der Waals surface area (Å²) in [6.45, 7) is 8.51. The molecule has 0 unspecified atom stereocenters. The fourth-order valence-electron chi connectivity index (χ4n) is 2.83. The lowest BCUT2D eigenvalue weighted by Gasteiger charge is -2.18. The molecule has 0 fully saturated rings. The number of aromatic nitrogens is 2. The third-order valence-electron chi connectivity index (χ3n) is 4.33. The second-order valence-corrected chi connectivity index (χ2v) is 8.47. The van der Waals surface area contributed by atoms with Gasteiger partial charge < -0.3 is 5.32 Å². The summed E-state index contributed by atoms with van der Waals surface area (Å²) >= 11 is 0. The average Bonchev–Trinajstić information content (AvgIpc) is 3.09. The van der Waals surface area contributed by atoms with Gasteiger partial charge in [-0.1, -0.05) is 26.0 Å². The van der Waals surface area contributed by atoms with Crippen molar-refractivity contribution in [1.29, 1.82) is 0 Å². The molecule has 2 rings (SSSR count). The average molecular weight is 393 g/mol. The number of nitrogens with zero attached hydrogens (tertiary/aromatic N) is 3. The quantitative estimate of drug-likeness (QED) is 0.711. The molecular formula is C19H28N4O3S. The van der Waals surface area contributed by atoms with Crippen LogP contribution in [0.1, 0.15) is 45.7 Å². The van der Waals surface area contributed by atoms with Crippen LogP contribution in [0.15, 0.2) is 41.4 Å². The van der Waals surface area contributed by atoms with Crippen LogP contribution >= 0.6 is 0 Å². The molecule has 1 aromatic heterocycles. The molecule has 0 saturated heterocycles. The maximum absolute atomic E-state index is 12.5. The highest BCUT2D eigenvalue weighted by Gasteiger charge is 2.21. The smallest absolute Gasteiger partial charge is 0.243 e. The van der Waals surface area contributed by atoms with Gasteiger partial charge in [-0.2, -0.15) is 9.40 Å². The Balaban J connectivity index is 1.97. The molecule has 27 heavy (non-hydrogen) atoms. The largest absolute Gasteiger partial charge is 0.311 e. The third-order valence-corrected chi connectivity index (χ3v) is 6.40. The van der Waals surface area contributed by atoms with E-state index in [4.69, 9.17) is 0 Å². The molecule has 1 amide bonds. The predicted molar refractivity (Wildman–Crippen MR) is 106 cm³/mol. The molecule has 1 aromatic carbocycles. The minimum Gasteiger partial charge on any atom is -0.311 e. The molecule has 2 aromatic rings. The SMILES string of the molecule is CCN(CC)S(=O)(=O)c1ccc(CCC(=O)Nc2ccnn2C(C)C)cc1. The summed E-state index contributed by atoms with van der Waals surface area (Å²) in [4.78, 5) is 12.5. The standard InChI is InChI=1S/C19H28N4O3S/c1-5-22(6-2)27(25,26)17-10-7-16(8-11-17)9-12-19(24)21-18-13-14-20-23(18)15(3)4/h7-8,10-11,13-15H,5-6,9,12H2,1-4H3,(H,21,24). The van der Waals surface area contributed by atoms with E-state index in [1.807, 2.05) is 27.7 Å². The minimum atomic E-state index is -3.45. The molecule has 0 bridgehead atoms. The second kappa shape index (κ2) is 9.14. The van der Waals surface area contributed by atoms with Gasteiger partial charge in [0.15, 0.2) is 0 Å². The number of nitrogens with one attached hydrogen (secondary N) is 1. The molecular weight excluding hydrogens is 364 g/mol. The number of amides is 1. The van der Waals surface area contributed by atoms with E-state index in [1.165, 1.54) is 4.31 Å². The number of carbonyl (C=O) groups is 1. The Labute approximate surface area is 161 Å². The van der Waals surface area contributed by atoms with E-state index in [1.54, 1.807) is 41.2 Å². The molecule has 0 aliphatic heterocycles. The van der Waals surface area contributed by atoms with Gasteiger partial charge in [0.2, 0.25) is 15.9 Å². The van der Waals surface area contributed by atoms with Gasteiger partial charge in [-0.3, -0.25) is 4.79 Å². The summed E-state index contributed by atoms with van der Waals surface area (Å²) in [6.07, 6.45) is 2.50. The number of benzene rings is 1. The first-order chi connectivity index (χ1) is 12.8. The second-order valence-electron chi connectivity index (χ2n) is 6.54. The maximum atomic E-state index is 12.5. The summed E-state index contributed by atoms with van der Waals surface area (Å²) in [6, 6.07) is 8.67. The monoisotopic (exact) mass is 392 g/mol. The Bertz CT molecular complexity index is 853. The van der Waals surface area contributed by atoms with Crippen molar-refractivity contribution < 1.29 is 13.2 Å². The van der Waals surface area contributed by atoms with Crippen LogP contribution in [-0.2, 0) is 21.2 Å². The zero-order valence-electron chi connectivity index (χ0n) is 16.3. The van der Waals surface area contributed by atoms with Crippen molar-refractivity contribution in [3.8, 4) is 0 Å². The number of sulfonamides is 1. The van der Waals surface area contributed by atoms with Gasteiger partial charge in [-0.15, -0.1) is 0 Å². The van der Waals surface area contributed by atoms with Crippen molar-refractivity contribution in [2.75, 3.05) is 18.4 Å². The third kappa shape index (κ3) is 5.17. The zero-order chi connectivity index (χ0) is 20.0. The molecule has 0 radical (unpaired) electrons. The lowest BCUT2D eigenvalue weighted by molar-refractivity contribution is -0.116. The highest BCUT2D eigenvalue weighted by atomic mass is 32.2. The number of hydrogen-bond donors (Lipinski definition) is 1. The van der Waals surface area contributed by atoms with Crippen LogP contribution < -0.4 is 5.32 Å². The van der Waals surface area contributed by atoms with E-state index in [9.17, 15) is 13.2 Å². The topological polar surface area (TPSA) is 84.3 Å². The highest BCUT2D eigenvalue weighted by molar-refractivity contribution is 7.89. The van der Waals surface area contributed by atoms with E-state index >= 15 is 0 Å². The van der Waals surface area contributed by atoms with Crippen LogP contribution in [0.4, 0.5) is 5.82 Å². The molecule has 148 valence electrons. The first kappa shape index (κ1) is 21.1. The summed E-state index contributed by atoms with van der Waals surface area (Å²) in [5, 5.41) is 7.06. The van der Waals surface area contributed by atoms with E-state index in [2.05, 4.69) is 10.4 Å². The Morgan fingerprint density at radius 3 is 2.33 bits per heavy atom. The van der Waals surface area contributed by atoms with Crippen molar-refractivity contribution >= 4 is 21.7 Å². The van der Waals surface area contributed by atoms with Crippen molar-refractivity contribution in [2.45, 2.75) is 51.5 Å². The molecule has 0 aliphatic rings. The van der Waals surface area contributed by atoms with E-state index in [-0.39, 0.29) is 16.8 Å². The van der Waals surface area contributed by atoms with Crippen molar-refractivity contribution in [2.24, 2.45) is 0 Å². The molecule has 1 heterocycles. The Morgan fingerprint density at radius 1 is 1.15 bits per heavy atom. The molecule has 0 saturated carbocycles. The summed E-state index contributed by atoms with van der Waals surface area (Å²) < 4.78 is 28.2. The predicted octanol–water partition coefficient (Wildman–Crippen LogP) is 3.07. The van der Waals surface area contributed by atoms with Gasteiger partial charge in [0.1, 0.15) is 5.82 Å². The first-order valence-corrected chi connectivity index (χ1v) is 10.7. The van der Waals surface area contributed by atoms with Gasteiger partial charge in [0.05, 0.1) is 11.1 Å². The van der Waals surface area contributed by atoms with Crippen LogP contribution in [0, 0.1) is 0 Å². The van der Waals surface area contributed by atoms with Crippen LogP contribution in [0.25, 0.3) is 0 Å². The van der Waals surface area contributed by atoms with Gasteiger partial charge in [-0.25, -0.2) is 13.1 Å². The number of carbonyl (C=O) groups excluding carboxylic acids is 1. The van der Waals surface area contributed by atoms with Crippen LogP contribution in [0.5, 0.6) is 0 Å². The minimum absolute atomic E-state index is 0.0998. The Morgan fingerprint density at radius 2 is 1.78 bits per heavy atom. The summed E-state index contributed by atoms with van der Waals surface area (Å²) in [7, 11) is -3.45. The van der Waals surface area contributed by atoms with E-state index in [0.29, 0.717) is 31.7 Å². The lowest BCUT2D eigenvalue weighted by atomic mass is 10.1. The molecule has 1 N–H and O–H groups in total. The van der Waals surface area contributed by atoms with Gasteiger partial charge in [0.25, 0.3) is 0 Å². The molecule has 8 heteroatoms. The fourth-order valence-corrected chi connectivity index (χ4v) is 4.29. The number of hydrogen-bond acceptors (Lipinski definition) is 4. The Kier molecular flexibility index (Phi) is 7.15. The van der Waals surface area contributed by atoms with Gasteiger partial charge >= 0.3 is 0 Å². The number of anilines is 1. The van der Waals surface area contributed by atoms with E-state index < -0.39 is 10.0 Å². The highest BCUT2D eigenvalue weighted by Crippen LogP contribution is 2.17. The van der Waals surface area contributed by atoms with Crippen LogP contribution in [-0.4, -0.2) is 41.5 Å². The first-order valence-electron chi connectivity index (χ1n) is 9.22. The Hall–Kier alpha value is -2.19. The molecule has 7 nitrogen and oxygen atoms in total. The maximum Gasteiger partial charge on any atom is 0.243 e. The van der Waals surface area contributed by atoms with Gasteiger partial charge in [0, 0.05) is 31.6 Å². The summed E-state index contributed by atoms with van der Waals surface area (Å²) in [5.74, 6) is 0.577. The van der Waals surface area contributed by atoms with Gasteiger partial charge in [-0.05, 0) is 38.0 Å². The van der Waals surface area contributed by atoms with E-state index in [0.717, 1.165) is 5.56 Å². The van der Waals surface area contributed by atoms with Crippen LogP contribution in [0.2, 0.25) is 0 Å². The number of rotatable bonds is 9. The molecule has 0 aliphatic carbocycles. The van der Waals surface area contributed by atoms with Crippen LogP contribution in [0.3, 0.4) is 0 Å². The fraction of sp³-hybridized carbons (Fsp3) is 0.474. The van der Waals surface area contributed by atoms with Crippen molar-refractivity contribution in [1.82, 2.24) is 14.1 Å². The lowest BCUT2D eigenvalue weighted by Crippen LogP contribution is -2.30. The van der Waals surface area contributed by atoms with Crippen molar-refractivity contribution in [3.63, 3.8) is 0 Å². The summed E-state index contributed by atoms with van der Waals surface area (Å²) in [5.41, 5.74) is 0.918. The van der Waals surface area contributed by atoms with Crippen molar-refractivity contribution in [3.05, 3.63) is 42.1 Å². The number of aryl methyl sites for hydroxylation is 1. The zero-order valence-corrected chi connectivity index (χ0v) is 17.2.